The van der Waals surface area contributed by atoms with Crippen LogP contribution >= 0.6 is 0 Å². The highest BCUT2D eigenvalue weighted by Crippen LogP contribution is 2.30. The van der Waals surface area contributed by atoms with Crippen LogP contribution < -0.4 is 10.5 Å². The highest BCUT2D eigenvalue weighted by molar-refractivity contribution is 5.69. The highest BCUT2D eigenvalue weighted by atomic mass is 19.4. The maximum absolute atomic E-state index is 13.2. The minimum Gasteiger partial charge on any atom is -0.406 e. The first-order valence-electron chi connectivity index (χ1n) is 5.37. The minimum atomic E-state index is -4.83. The van der Waals surface area contributed by atoms with E-state index in [-0.39, 0.29) is 11.1 Å². The number of halogens is 5. The Morgan fingerprint density at radius 1 is 0.950 bits per heavy atom. The fourth-order valence-electron chi connectivity index (χ4n) is 1.65. The molecule has 0 unspecified atom stereocenters. The van der Waals surface area contributed by atoms with Crippen molar-refractivity contribution in [2.45, 2.75) is 6.36 Å². The van der Waals surface area contributed by atoms with E-state index in [9.17, 15) is 22.0 Å². The third-order valence-corrected chi connectivity index (χ3v) is 2.46. The molecule has 0 bridgehead atoms. The largest absolute Gasteiger partial charge is 0.573 e. The zero-order valence-corrected chi connectivity index (χ0v) is 9.84. The van der Waals surface area contributed by atoms with Gasteiger partial charge >= 0.3 is 6.36 Å². The Balaban J connectivity index is 2.41. The molecule has 20 heavy (non-hydrogen) atoms. The van der Waals surface area contributed by atoms with Crippen molar-refractivity contribution in [1.29, 1.82) is 0 Å². The number of ether oxygens (including phenoxy) is 1. The molecule has 0 spiro atoms. The van der Waals surface area contributed by atoms with Crippen LogP contribution in [0.25, 0.3) is 11.1 Å². The molecule has 0 amide bonds. The molecule has 0 radical (unpaired) electrons. The molecule has 0 atom stereocenters. The summed E-state index contributed by atoms with van der Waals surface area (Å²) in [5, 5.41) is 0. The van der Waals surface area contributed by atoms with Crippen molar-refractivity contribution in [2.24, 2.45) is 0 Å². The van der Waals surface area contributed by atoms with E-state index in [0.717, 1.165) is 24.3 Å². The molecule has 2 rings (SSSR count). The van der Waals surface area contributed by atoms with Crippen molar-refractivity contribution in [3.05, 3.63) is 48.0 Å². The average Bonchev–Trinajstić information content (AvgIpc) is 2.33. The zero-order chi connectivity index (χ0) is 14.9. The van der Waals surface area contributed by atoms with Gasteiger partial charge in [0.05, 0.1) is 5.69 Å². The van der Waals surface area contributed by atoms with Gasteiger partial charge in [-0.05, 0) is 35.4 Å². The van der Waals surface area contributed by atoms with Gasteiger partial charge in [-0.1, -0.05) is 12.1 Å². The molecule has 2 N–H and O–H groups in total. The summed E-state index contributed by atoms with van der Waals surface area (Å²) >= 11 is 0. The van der Waals surface area contributed by atoms with Gasteiger partial charge in [0, 0.05) is 0 Å². The van der Waals surface area contributed by atoms with Crippen LogP contribution in [0.1, 0.15) is 0 Å². The van der Waals surface area contributed by atoms with Crippen molar-refractivity contribution in [3.63, 3.8) is 0 Å². The van der Waals surface area contributed by atoms with E-state index in [1.807, 2.05) is 0 Å². The molecule has 0 aliphatic rings. The van der Waals surface area contributed by atoms with E-state index < -0.39 is 29.4 Å². The van der Waals surface area contributed by atoms with Crippen molar-refractivity contribution < 1.29 is 26.7 Å². The molecule has 2 aromatic rings. The summed E-state index contributed by atoms with van der Waals surface area (Å²) in [5.74, 6) is -2.84. The first-order chi connectivity index (χ1) is 9.26. The molecule has 0 heterocycles. The van der Waals surface area contributed by atoms with Crippen LogP contribution in [-0.2, 0) is 0 Å². The quantitative estimate of drug-likeness (QED) is 0.667. The maximum atomic E-state index is 13.2. The van der Waals surface area contributed by atoms with E-state index in [1.54, 1.807) is 0 Å². The number of nitrogen functional groups attached to an aromatic ring is 1. The Hall–Kier alpha value is -2.31. The van der Waals surface area contributed by atoms with Crippen molar-refractivity contribution in [3.8, 4) is 16.9 Å². The summed E-state index contributed by atoms with van der Waals surface area (Å²) < 4.78 is 66.3. The fraction of sp³-hybridized carbons (Fsp3) is 0.0769. The number of rotatable bonds is 2. The van der Waals surface area contributed by atoms with Crippen LogP contribution in [0.15, 0.2) is 36.4 Å². The van der Waals surface area contributed by atoms with Gasteiger partial charge in [-0.2, -0.15) is 0 Å². The molecule has 2 nitrogen and oxygen atoms in total. The normalized spacial score (nSPS) is 11.4. The third kappa shape index (κ3) is 3.17. The van der Waals surface area contributed by atoms with Crippen LogP contribution in [-0.4, -0.2) is 6.36 Å². The summed E-state index contributed by atoms with van der Waals surface area (Å²) in [4.78, 5) is 0. The van der Waals surface area contributed by atoms with E-state index in [4.69, 9.17) is 5.73 Å². The van der Waals surface area contributed by atoms with Crippen LogP contribution in [0.5, 0.6) is 5.75 Å². The maximum Gasteiger partial charge on any atom is 0.573 e. The zero-order valence-electron chi connectivity index (χ0n) is 9.84. The fourth-order valence-corrected chi connectivity index (χ4v) is 1.65. The highest BCUT2D eigenvalue weighted by Gasteiger charge is 2.31. The van der Waals surface area contributed by atoms with Crippen LogP contribution in [0.3, 0.4) is 0 Å². The number of hydrogen-bond donors (Lipinski definition) is 1. The number of nitrogens with two attached hydrogens (primary N) is 1. The summed E-state index contributed by atoms with van der Waals surface area (Å²) in [6.07, 6.45) is -4.83. The molecule has 7 heteroatoms. The lowest BCUT2D eigenvalue weighted by atomic mass is 10.0. The van der Waals surface area contributed by atoms with Gasteiger partial charge in [-0.3, -0.25) is 0 Å². The lowest BCUT2D eigenvalue weighted by molar-refractivity contribution is -0.274. The molecule has 0 aliphatic carbocycles. The summed E-state index contributed by atoms with van der Waals surface area (Å²) in [6, 6.07) is 6.85. The molecule has 0 saturated carbocycles. The van der Waals surface area contributed by atoms with Crippen LogP contribution in [0.2, 0.25) is 0 Å². The van der Waals surface area contributed by atoms with Crippen molar-refractivity contribution in [1.82, 2.24) is 0 Å². The number of benzene rings is 2. The molecule has 2 aromatic carbocycles. The molecular weight excluding hydrogens is 281 g/mol. The van der Waals surface area contributed by atoms with Gasteiger partial charge in [0.25, 0.3) is 0 Å². The number of anilines is 1. The van der Waals surface area contributed by atoms with Gasteiger partial charge in [-0.15, -0.1) is 13.2 Å². The number of hydrogen-bond acceptors (Lipinski definition) is 2. The standard InChI is InChI=1S/C13H8F5NO/c14-10-5-8(6-11(19)12(10)15)7-2-1-3-9(4-7)20-13(16,17)18/h1-6H,19H2. The molecule has 0 aromatic heterocycles. The molecule has 106 valence electrons. The molecule has 0 fully saturated rings. The Kier molecular flexibility index (Phi) is 3.52. The first kappa shape index (κ1) is 14.1. The van der Waals surface area contributed by atoms with Gasteiger partial charge in [0.2, 0.25) is 0 Å². The summed E-state index contributed by atoms with van der Waals surface area (Å²) in [6.45, 7) is 0. The predicted octanol–water partition coefficient (Wildman–Crippen LogP) is 4.11. The van der Waals surface area contributed by atoms with Gasteiger partial charge in [0.1, 0.15) is 5.75 Å². The van der Waals surface area contributed by atoms with E-state index in [1.165, 1.54) is 12.1 Å². The minimum absolute atomic E-state index is 0.147. The second-order valence-electron chi connectivity index (χ2n) is 3.94. The van der Waals surface area contributed by atoms with Crippen LogP contribution in [0.4, 0.5) is 27.6 Å². The topological polar surface area (TPSA) is 35.2 Å². The number of alkyl halides is 3. The van der Waals surface area contributed by atoms with Gasteiger partial charge < -0.3 is 10.5 Å². The lowest BCUT2D eigenvalue weighted by Gasteiger charge is -2.10. The van der Waals surface area contributed by atoms with E-state index in [2.05, 4.69) is 4.74 Å². The first-order valence-corrected chi connectivity index (χ1v) is 5.37. The van der Waals surface area contributed by atoms with Crippen molar-refractivity contribution >= 4 is 5.69 Å². The van der Waals surface area contributed by atoms with E-state index >= 15 is 0 Å². The molecule has 0 aliphatic heterocycles. The second kappa shape index (κ2) is 4.99. The van der Waals surface area contributed by atoms with Gasteiger partial charge in [0.15, 0.2) is 11.6 Å². The predicted molar refractivity (Wildman–Crippen MR) is 62.9 cm³/mol. The summed E-state index contributed by atoms with van der Waals surface area (Å²) in [7, 11) is 0. The monoisotopic (exact) mass is 289 g/mol. The Labute approximate surface area is 110 Å². The van der Waals surface area contributed by atoms with Crippen LogP contribution in [0, 0.1) is 11.6 Å². The SMILES string of the molecule is Nc1cc(-c2cccc(OC(F)(F)F)c2)cc(F)c1F. The van der Waals surface area contributed by atoms with E-state index in [0.29, 0.717) is 0 Å². The lowest BCUT2D eigenvalue weighted by Crippen LogP contribution is -2.17. The second-order valence-corrected chi connectivity index (χ2v) is 3.94. The average molecular weight is 289 g/mol. The summed E-state index contributed by atoms with van der Waals surface area (Å²) in [5.41, 5.74) is 5.21. The molecular formula is C13H8F5NO. The third-order valence-electron chi connectivity index (χ3n) is 2.46. The Morgan fingerprint density at radius 3 is 2.25 bits per heavy atom. The van der Waals surface area contributed by atoms with Gasteiger partial charge in [-0.25, -0.2) is 8.78 Å². The smallest absolute Gasteiger partial charge is 0.406 e. The Morgan fingerprint density at radius 2 is 1.65 bits per heavy atom. The Bertz CT molecular complexity index is 616. The molecule has 0 saturated heterocycles. The van der Waals surface area contributed by atoms with Crippen molar-refractivity contribution in [2.75, 3.05) is 5.73 Å².